The number of nitrogens with zero attached hydrogens (tertiary/aromatic N) is 1. The van der Waals surface area contributed by atoms with E-state index in [9.17, 15) is 13.2 Å². The van der Waals surface area contributed by atoms with Crippen molar-refractivity contribution >= 4 is 33.2 Å². The van der Waals surface area contributed by atoms with Gasteiger partial charge >= 0.3 is 0 Å². The molecule has 0 aliphatic rings. The van der Waals surface area contributed by atoms with Crippen molar-refractivity contribution < 1.29 is 22.7 Å². The van der Waals surface area contributed by atoms with Gasteiger partial charge in [-0.2, -0.15) is 0 Å². The van der Waals surface area contributed by atoms with Crippen molar-refractivity contribution in [3.05, 3.63) is 53.1 Å². The molecule has 1 amide bonds. The average molecular weight is 455 g/mol. The van der Waals surface area contributed by atoms with E-state index >= 15 is 0 Å². The molecule has 0 unspecified atom stereocenters. The molecular formula is C21H27ClN2O5S. The summed E-state index contributed by atoms with van der Waals surface area (Å²) in [5.41, 5.74) is 1.32. The molecule has 2 aromatic carbocycles. The maximum atomic E-state index is 12.2. The van der Waals surface area contributed by atoms with E-state index in [1.165, 1.54) is 4.31 Å². The maximum absolute atomic E-state index is 12.2. The first-order valence-electron chi connectivity index (χ1n) is 9.48. The van der Waals surface area contributed by atoms with E-state index in [-0.39, 0.29) is 18.9 Å². The third-order valence-electron chi connectivity index (χ3n) is 4.36. The second kappa shape index (κ2) is 11.1. The predicted molar refractivity (Wildman–Crippen MR) is 119 cm³/mol. The van der Waals surface area contributed by atoms with Gasteiger partial charge in [0.2, 0.25) is 15.9 Å². The van der Waals surface area contributed by atoms with Crippen LogP contribution in [0.25, 0.3) is 0 Å². The molecule has 0 atom stereocenters. The Bertz CT molecular complexity index is 966. The maximum Gasteiger partial charge on any atom is 0.232 e. The number of anilines is 1. The molecule has 1 N–H and O–H groups in total. The van der Waals surface area contributed by atoms with E-state index in [4.69, 9.17) is 21.1 Å². The van der Waals surface area contributed by atoms with Crippen molar-refractivity contribution in [1.82, 2.24) is 5.32 Å². The Kier molecular flexibility index (Phi) is 8.80. The Morgan fingerprint density at radius 3 is 2.53 bits per heavy atom. The van der Waals surface area contributed by atoms with Crippen molar-refractivity contribution in [3.8, 4) is 11.5 Å². The summed E-state index contributed by atoms with van der Waals surface area (Å²) in [5, 5.41) is 3.22. The summed E-state index contributed by atoms with van der Waals surface area (Å²) in [6.45, 7) is 2.63. The van der Waals surface area contributed by atoms with Crippen LogP contribution in [0.5, 0.6) is 11.5 Å². The number of carbonyl (C=O) groups is 1. The largest absolute Gasteiger partial charge is 0.493 e. The van der Waals surface area contributed by atoms with Crippen LogP contribution >= 0.6 is 11.6 Å². The van der Waals surface area contributed by atoms with Crippen LogP contribution in [0.3, 0.4) is 0 Å². The zero-order valence-corrected chi connectivity index (χ0v) is 18.9. The van der Waals surface area contributed by atoms with Gasteiger partial charge in [-0.25, -0.2) is 8.42 Å². The highest BCUT2D eigenvalue weighted by Gasteiger charge is 2.19. The summed E-state index contributed by atoms with van der Waals surface area (Å²) in [4.78, 5) is 12.1. The van der Waals surface area contributed by atoms with Crippen molar-refractivity contribution in [2.24, 2.45) is 0 Å². The van der Waals surface area contributed by atoms with Crippen LogP contribution in [0.2, 0.25) is 5.02 Å². The Balaban J connectivity index is 1.81. The van der Waals surface area contributed by atoms with Crippen LogP contribution in [0.1, 0.15) is 18.4 Å². The first kappa shape index (κ1) is 23.8. The number of halogens is 1. The standard InChI is InChI=1S/C21H27ClN2O5S/c1-16-10-11-17(22)15-18(16)24(30(3,26)27)13-6-9-21(25)23-12-14-29-20-8-5-4-7-19(20)28-2/h4-5,7-8,10-11,15H,6,9,12-14H2,1-3H3,(H,23,25). The fourth-order valence-corrected chi connectivity index (χ4v) is 4.06. The van der Waals surface area contributed by atoms with Crippen LogP contribution in [0, 0.1) is 6.92 Å². The molecule has 0 fully saturated rings. The number of carbonyl (C=O) groups excluding carboxylic acids is 1. The van der Waals surface area contributed by atoms with Crippen molar-refractivity contribution in [1.29, 1.82) is 0 Å². The smallest absolute Gasteiger partial charge is 0.232 e. The number of hydrogen-bond donors (Lipinski definition) is 1. The highest BCUT2D eigenvalue weighted by molar-refractivity contribution is 7.92. The van der Waals surface area contributed by atoms with Crippen LogP contribution in [-0.2, 0) is 14.8 Å². The van der Waals surface area contributed by atoms with Gasteiger partial charge in [-0.3, -0.25) is 9.10 Å². The minimum atomic E-state index is -3.50. The molecule has 0 radical (unpaired) electrons. The molecule has 0 heterocycles. The highest BCUT2D eigenvalue weighted by Crippen LogP contribution is 2.27. The highest BCUT2D eigenvalue weighted by atomic mass is 35.5. The van der Waals surface area contributed by atoms with Gasteiger partial charge in [0.1, 0.15) is 6.61 Å². The lowest BCUT2D eigenvalue weighted by atomic mass is 10.2. The van der Waals surface area contributed by atoms with Gasteiger partial charge in [-0.05, 0) is 43.2 Å². The van der Waals surface area contributed by atoms with Crippen LogP contribution in [0.15, 0.2) is 42.5 Å². The molecule has 2 aromatic rings. The number of methoxy groups -OCH3 is 1. The number of amides is 1. The number of nitrogens with one attached hydrogen (secondary N) is 1. The molecule has 2 rings (SSSR count). The molecule has 0 bridgehead atoms. The predicted octanol–water partition coefficient (Wildman–Crippen LogP) is 3.40. The molecule has 7 nitrogen and oxygen atoms in total. The average Bonchev–Trinajstić information content (AvgIpc) is 2.70. The normalized spacial score (nSPS) is 11.1. The zero-order valence-electron chi connectivity index (χ0n) is 17.4. The number of rotatable bonds is 11. The Hall–Kier alpha value is -2.45. The number of aryl methyl sites for hydroxylation is 1. The van der Waals surface area contributed by atoms with Gasteiger partial charge in [0, 0.05) is 18.0 Å². The molecule has 0 saturated heterocycles. The summed E-state index contributed by atoms with van der Waals surface area (Å²) in [6.07, 6.45) is 1.71. The van der Waals surface area contributed by atoms with Gasteiger partial charge in [-0.15, -0.1) is 0 Å². The minimum absolute atomic E-state index is 0.171. The molecule has 0 saturated carbocycles. The fourth-order valence-electron chi connectivity index (χ4n) is 2.88. The van der Waals surface area contributed by atoms with Crippen molar-refractivity contribution in [2.45, 2.75) is 19.8 Å². The van der Waals surface area contributed by atoms with Gasteiger partial charge in [-0.1, -0.05) is 29.8 Å². The number of para-hydroxylation sites is 2. The summed E-state index contributed by atoms with van der Waals surface area (Å²) < 4.78 is 36.5. The number of benzene rings is 2. The molecule has 0 spiro atoms. The monoisotopic (exact) mass is 454 g/mol. The third-order valence-corrected chi connectivity index (χ3v) is 5.77. The molecular weight excluding hydrogens is 428 g/mol. The molecule has 164 valence electrons. The quantitative estimate of drug-likeness (QED) is 0.526. The Morgan fingerprint density at radius 1 is 1.17 bits per heavy atom. The molecule has 0 aliphatic carbocycles. The van der Waals surface area contributed by atoms with Crippen molar-refractivity contribution in [3.63, 3.8) is 0 Å². The topological polar surface area (TPSA) is 84.9 Å². The molecule has 9 heteroatoms. The first-order valence-corrected chi connectivity index (χ1v) is 11.7. The lowest BCUT2D eigenvalue weighted by Crippen LogP contribution is -2.33. The Labute approximate surface area is 183 Å². The van der Waals surface area contributed by atoms with E-state index in [1.54, 1.807) is 37.4 Å². The van der Waals surface area contributed by atoms with Gasteiger partial charge < -0.3 is 14.8 Å². The van der Waals surface area contributed by atoms with Crippen LogP contribution in [-0.4, -0.2) is 47.4 Å². The number of sulfonamides is 1. The summed E-state index contributed by atoms with van der Waals surface area (Å²) in [6, 6.07) is 12.4. The Morgan fingerprint density at radius 2 is 1.87 bits per heavy atom. The van der Waals surface area contributed by atoms with E-state index in [1.807, 2.05) is 19.1 Å². The number of hydrogen-bond acceptors (Lipinski definition) is 5. The van der Waals surface area contributed by atoms with E-state index in [0.717, 1.165) is 11.8 Å². The van der Waals surface area contributed by atoms with Crippen LogP contribution < -0.4 is 19.1 Å². The van der Waals surface area contributed by atoms with E-state index in [2.05, 4.69) is 5.32 Å². The fraction of sp³-hybridized carbons (Fsp3) is 0.381. The first-order chi connectivity index (χ1) is 14.2. The van der Waals surface area contributed by atoms with Gasteiger partial charge in [0.25, 0.3) is 0 Å². The van der Waals surface area contributed by atoms with Gasteiger partial charge in [0.05, 0.1) is 25.6 Å². The summed E-state index contributed by atoms with van der Waals surface area (Å²) in [5.74, 6) is 1.06. The second-order valence-corrected chi connectivity index (χ2v) is 9.06. The summed E-state index contributed by atoms with van der Waals surface area (Å²) >= 11 is 6.02. The summed E-state index contributed by atoms with van der Waals surface area (Å²) in [7, 11) is -1.94. The van der Waals surface area contributed by atoms with Gasteiger partial charge in [0.15, 0.2) is 11.5 Å². The van der Waals surface area contributed by atoms with E-state index in [0.29, 0.717) is 41.8 Å². The molecule has 0 aromatic heterocycles. The zero-order chi connectivity index (χ0) is 22.1. The van der Waals surface area contributed by atoms with Crippen LogP contribution in [0.4, 0.5) is 5.69 Å². The third kappa shape index (κ3) is 7.11. The SMILES string of the molecule is COc1ccccc1OCCNC(=O)CCCN(c1cc(Cl)ccc1C)S(C)(=O)=O. The molecule has 30 heavy (non-hydrogen) atoms. The van der Waals surface area contributed by atoms with Crippen molar-refractivity contribution in [2.75, 3.05) is 37.4 Å². The molecule has 0 aliphatic heterocycles. The second-order valence-electron chi connectivity index (χ2n) is 6.72. The lowest BCUT2D eigenvalue weighted by Gasteiger charge is -2.24. The lowest BCUT2D eigenvalue weighted by molar-refractivity contribution is -0.121. The minimum Gasteiger partial charge on any atom is -0.493 e. The van der Waals surface area contributed by atoms with E-state index < -0.39 is 10.0 Å². The number of ether oxygens (including phenoxy) is 2.